The van der Waals surface area contributed by atoms with Gasteiger partial charge in [0.05, 0.1) is 17.8 Å². The van der Waals surface area contributed by atoms with Crippen LogP contribution in [0.15, 0.2) is 12.1 Å². The van der Waals surface area contributed by atoms with E-state index in [0.29, 0.717) is 11.4 Å². The molecule has 0 unspecified atom stereocenters. The fourth-order valence-corrected chi connectivity index (χ4v) is 2.03. The molecule has 1 aliphatic heterocycles. The highest BCUT2D eigenvalue weighted by Gasteiger charge is 2.17. The lowest BCUT2D eigenvalue weighted by molar-refractivity contribution is 0.411. The fourth-order valence-electron chi connectivity index (χ4n) is 1.80. The molecule has 0 aliphatic carbocycles. The van der Waals surface area contributed by atoms with Gasteiger partial charge in [0.1, 0.15) is 11.6 Å². The van der Waals surface area contributed by atoms with E-state index in [1.54, 1.807) is 6.07 Å². The highest BCUT2D eigenvalue weighted by molar-refractivity contribution is 6.33. The number of benzene rings is 1. The van der Waals surface area contributed by atoms with E-state index in [9.17, 15) is 4.39 Å². The van der Waals surface area contributed by atoms with Crippen LogP contribution in [0.5, 0.6) is 5.75 Å². The standard InChI is InChI=1S/C11H14ClFN2O/c1-16-8-6-9(13)11(12)10(7-8)15-4-2-14-3-5-15/h6-7,14H,2-5H2,1H3. The smallest absolute Gasteiger partial charge is 0.147 e. The lowest BCUT2D eigenvalue weighted by atomic mass is 10.2. The Morgan fingerprint density at radius 3 is 2.69 bits per heavy atom. The third-order valence-corrected chi connectivity index (χ3v) is 3.05. The minimum absolute atomic E-state index is 0.169. The third-order valence-electron chi connectivity index (χ3n) is 2.68. The van der Waals surface area contributed by atoms with Gasteiger partial charge in [0.15, 0.2) is 0 Å². The molecule has 0 atom stereocenters. The van der Waals surface area contributed by atoms with Crippen molar-refractivity contribution in [3.05, 3.63) is 23.0 Å². The van der Waals surface area contributed by atoms with Crippen LogP contribution in [-0.2, 0) is 0 Å². The molecule has 5 heteroatoms. The predicted molar refractivity (Wildman–Crippen MR) is 63.0 cm³/mol. The Hall–Kier alpha value is -1.00. The van der Waals surface area contributed by atoms with E-state index < -0.39 is 5.82 Å². The van der Waals surface area contributed by atoms with Gasteiger partial charge >= 0.3 is 0 Å². The summed E-state index contributed by atoms with van der Waals surface area (Å²) < 4.78 is 18.6. The first-order chi connectivity index (χ1) is 7.72. The Bertz CT molecular complexity index is 380. The molecule has 3 nitrogen and oxygen atoms in total. The number of ether oxygens (including phenoxy) is 1. The molecule has 1 saturated heterocycles. The Morgan fingerprint density at radius 2 is 2.06 bits per heavy atom. The zero-order chi connectivity index (χ0) is 11.5. The number of hydrogen-bond donors (Lipinski definition) is 1. The topological polar surface area (TPSA) is 24.5 Å². The van der Waals surface area contributed by atoms with Gasteiger partial charge in [0.2, 0.25) is 0 Å². The summed E-state index contributed by atoms with van der Waals surface area (Å²) in [6.45, 7) is 3.42. The number of anilines is 1. The monoisotopic (exact) mass is 244 g/mol. The Kier molecular flexibility index (Phi) is 3.51. The highest BCUT2D eigenvalue weighted by atomic mass is 35.5. The largest absolute Gasteiger partial charge is 0.497 e. The number of hydrogen-bond acceptors (Lipinski definition) is 3. The van der Waals surface area contributed by atoms with Gasteiger partial charge < -0.3 is 15.0 Å². The van der Waals surface area contributed by atoms with E-state index in [2.05, 4.69) is 10.2 Å². The van der Waals surface area contributed by atoms with Gasteiger partial charge in [0, 0.05) is 38.3 Å². The maximum Gasteiger partial charge on any atom is 0.147 e. The molecule has 1 fully saturated rings. The SMILES string of the molecule is COc1cc(F)c(Cl)c(N2CCNCC2)c1. The van der Waals surface area contributed by atoms with E-state index in [1.165, 1.54) is 13.2 Å². The van der Waals surface area contributed by atoms with Crippen molar-refractivity contribution >= 4 is 17.3 Å². The highest BCUT2D eigenvalue weighted by Crippen LogP contribution is 2.33. The van der Waals surface area contributed by atoms with Gasteiger partial charge in [-0.05, 0) is 0 Å². The molecule has 1 heterocycles. The number of piperazine rings is 1. The Morgan fingerprint density at radius 1 is 1.38 bits per heavy atom. The molecular weight excluding hydrogens is 231 g/mol. The van der Waals surface area contributed by atoms with Crippen molar-refractivity contribution in [1.29, 1.82) is 0 Å². The second kappa shape index (κ2) is 4.89. The lowest BCUT2D eigenvalue weighted by Crippen LogP contribution is -2.43. The van der Waals surface area contributed by atoms with Gasteiger partial charge in [-0.1, -0.05) is 11.6 Å². The minimum atomic E-state index is -0.436. The number of nitrogens with one attached hydrogen (secondary N) is 1. The molecule has 2 rings (SSSR count). The number of methoxy groups -OCH3 is 1. The summed E-state index contributed by atoms with van der Waals surface area (Å²) in [5.74, 6) is 0.0602. The number of rotatable bonds is 2. The summed E-state index contributed by atoms with van der Waals surface area (Å²) in [5, 5.41) is 3.41. The molecule has 0 saturated carbocycles. The molecule has 0 aromatic heterocycles. The van der Waals surface area contributed by atoms with Crippen LogP contribution in [0.2, 0.25) is 5.02 Å². The van der Waals surface area contributed by atoms with Crippen LogP contribution in [-0.4, -0.2) is 33.3 Å². The minimum Gasteiger partial charge on any atom is -0.497 e. The van der Waals surface area contributed by atoms with Crippen LogP contribution in [0, 0.1) is 5.82 Å². The van der Waals surface area contributed by atoms with Gasteiger partial charge in [-0.25, -0.2) is 4.39 Å². The quantitative estimate of drug-likeness (QED) is 0.860. The molecule has 88 valence electrons. The molecule has 0 bridgehead atoms. The molecule has 1 aliphatic rings. The van der Waals surface area contributed by atoms with Crippen LogP contribution >= 0.6 is 11.6 Å². The average molecular weight is 245 g/mol. The van der Waals surface area contributed by atoms with Gasteiger partial charge in [-0.3, -0.25) is 0 Å². The van der Waals surface area contributed by atoms with Gasteiger partial charge in [-0.15, -0.1) is 0 Å². The zero-order valence-corrected chi connectivity index (χ0v) is 9.85. The van der Waals surface area contributed by atoms with Crippen LogP contribution in [0.1, 0.15) is 0 Å². The Labute approximate surface area is 99.1 Å². The van der Waals surface area contributed by atoms with Crippen molar-refractivity contribution in [2.75, 3.05) is 38.2 Å². The first-order valence-corrected chi connectivity index (χ1v) is 5.59. The van der Waals surface area contributed by atoms with Crippen molar-refractivity contribution in [2.45, 2.75) is 0 Å². The number of halogens is 2. The summed E-state index contributed by atoms with van der Waals surface area (Å²) >= 11 is 5.96. The molecule has 1 N–H and O–H groups in total. The molecule has 16 heavy (non-hydrogen) atoms. The zero-order valence-electron chi connectivity index (χ0n) is 9.09. The van der Waals surface area contributed by atoms with Crippen LogP contribution in [0.4, 0.5) is 10.1 Å². The van der Waals surface area contributed by atoms with Crippen LogP contribution < -0.4 is 15.0 Å². The lowest BCUT2D eigenvalue weighted by Gasteiger charge is -2.30. The Balaban J connectivity index is 2.33. The first kappa shape index (κ1) is 11.5. The molecular formula is C11H14ClFN2O. The fraction of sp³-hybridized carbons (Fsp3) is 0.455. The maximum absolute atomic E-state index is 13.5. The average Bonchev–Trinajstić information content (AvgIpc) is 2.33. The molecule has 0 radical (unpaired) electrons. The van der Waals surface area contributed by atoms with E-state index in [0.717, 1.165) is 26.2 Å². The van der Waals surface area contributed by atoms with Crippen molar-refractivity contribution in [2.24, 2.45) is 0 Å². The van der Waals surface area contributed by atoms with Crippen molar-refractivity contribution in [1.82, 2.24) is 5.32 Å². The molecule has 0 amide bonds. The second-order valence-electron chi connectivity index (χ2n) is 3.68. The second-order valence-corrected chi connectivity index (χ2v) is 4.06. The number of nitrogens with zero attached hydrogens (tertiary/aromatic N) is 1. The summed E-state index contributed by atoms with van der Waals surface area (Å²) in [5.41, 5.74) is 0.708. The normalized spacial score (nSPS) is 16.3. The maximum atomic E-state index is 13.5. The summed E-state index contributed by atoms with van der Waals surface area (Å²) in [6.07, 6.45) is 0. The first-order valence-electron chi connectivity index (χ1n) is 5.21. The van der Waals surface area contributed by atoms with Crippen LogP contribution in [0.25, 0.3) is 0 Å². The third kappa shape index (κ3) is 2.23. The van der Waals surface area contributed by atoms with Crippen molar-refractivity contribution in [3.63, 3.8) is 0 Å². The van der Waals surface area contributed by atoms with Crippen molar-refractivity contribution in [3.8, 4) is 5.75 Å². The summed E-state index contributed by atoms with van der Waals surface area (Å²) in [6, 6.07) is 3.07. The molecule has 0 spiro atoms. The summed E-state index contributed by atoms with van der Waals surface area (Å²) in [7, 11) is 1.52. The van der Waals surface area contributed by atoms with E-state index in [4.69, 9.17) is 16.3 Å². The van der Waals surface area contributed by atoms with E-state index >= 15 is 0 Å². The van der Waals surface area contributed by atoms with Gasteiger partial charge in [-0.2, -0.15) is 0 Å². The van der Waals surface area contributed by atoms with E-state index in [-0.39, 0.29) is 5.02 Å². The van der Waals surface area contributed by atoms with Crippen molar-refractivity contribution < 1.29 is 9.13 Å². The van der Waals surface area contributed by atoms with Crippen LogP contribution in [0.3, 0.4) is 0 Å². The molecule has 1 aromatic rings. The van der Waals surface area contributed by atoms with Gasteiger partial charge in [0.25, 0.3) is 0 Å². The summed E-state index contributed by atoms with van der Waals surface area (Å²) in [4.78, 5) is 2.06. The van der Waals surface area contributed by atoms with E-state index in [1.807, 2.05) is 0 Å². The predicted octanol–water partition coefficient (Wildman–Crippen LogP) is 1.90. The molecule has 1 aromatic carbocycles.